The molecule has 94 valence electrons. The third kappa shape index (κ3) is 2.30. The Hall–Kier alpha value is -1.07. The molecule has 0 aliphatic carbocycles. The van der Waals surface area contributed by atoms with Crippen LogP contribution in [-0.4, -0.2) is 41.2 Å². The van der Waals surface area contributed by atoms with Gasteiger partial charge in [-0.05, 0) is 12.8 Å². The highest BCUT2D eigenvalue weighted by atomic mass is 16.6. The van der Waals surface area contributed by atoms with Gasteiger partial charge in [0.1, 0.15) is 0 Å². The van der Waals surface area contributed by atoms with E-state index in [4.69, 9.17) is 9.47 Å². The van der Waals surface area contributed by atoms with Gasteiger partial charge in [-0.2, -0.15) is 5.10 Å². The van der Waals surface area contributed by atoms with Crippen molar-refractivity contribution in [2.75, 3.05) is 25.1 Å². The Morgan fingerprint density at radius 3 is 3.18 bits per heavy atom. The Morgan fingerprint density at radius 1 is 1.53 bits per heavy atom. The zero-order valence-corrected chi connectivity index (χ0v) is 10.2. The van der Waals surface area contributed by atoms with Gasteiger partial charge in [0.05, 0.1) is 24.1 Å². The van der Waals surface area contributed by atoms with E-state index < -0.39 is 0 Å². The fraction of sp³-hybridized carbons (Fsp3) is 0.750. The highest BCUT2D eigenvalue weighted by Gasteiger charge is 2.40. The molecular formula is C12H19N3O2. The summed E-state index contributed by atoms with van der Waals surface area (Å²) in [7, 11) is 1.93. The van der Waals surface area contributed by atoms with Gasteiger partial charge in [0.25, 0.3) is 0 Å². The van der Waals surface area contributed by atoms with Crippen LogP contribution in [0, 0.1) is 0 Å². The standard InChI is InChI=1S/C12H19N3O2/c1-15-8-11(7-13-15)14-10-2-4-17-12(6-10)3-5-16-9-12/h7-8,10,14H,2-6,9H2,1H3. The van der Waals surface area contributed by atoms with Gasteiger partial charge in [0, 0.05) is 38.9 Å². The number of nitrogens with one attached hydrogen (secondary N) is 1. The summed E-state index contributed by atoms with van der Waals surface area (Å²) in [6.07, 6.45) is 6.98. The molecule has 5 heteroatoms. The van der Waals surface area contributed by atoms with Crippen molar-refractivity contribution in [3.05, 3.63) is 12.4 Å². The monoisotopic (exact) mass is 237 g/mol. The number of anilines is 1. The minimum absolute atomic E-state index is 0.0296. The lowest BCUT2D eigenvalue weighted by Gasteiger charge is -2.37. The lowest BCUT2D eigenvalue weighted by Crippen LogP contribution is -2.44. The first-order valence-electron chi connectivity index (χ1n) is 6.23. The summed E-state index contributed by atoms with van der Waals surface area (Å²) in [5.74, 6) is 0. The van der Waals surface area contributed by atoms with Crippen molar-refractivity contribution in [2.45, 2.75) is 30.9 Å². The highest BCUT2D eigenvalue weighted by molar-refractivity contribution is 5.39. The van der Waals surface area contributed by atoms with E-state index >= 15 is 0 Å². The second kappa shape index (κ2) is 4.31. The van der Waals surface area contributed by atoms with E-state index in [-0.39, 0.29) is 5.60 Å². The fourth-order valence-electron chi connectivity index (χ4n) is 2.75. The van der Waals surface area contributed by atoms with Crippen LogP contribution >= 0.6 is 0 Å². The molecule has 2 aliphatic rings. The summed E-state index contributed by atoms with van der Waals surface area (Å²) < 4.78 is 13.2. The maximum absolute atomic E-state index is 5.91. The predicted molar refractivity (Wildman–Crippen MR) is 64.0 cm³/mol. The van der Waals surface area contributed by atoms with Crippen LogP contribution in [0.25, 0.3) is 0 Å². The lowest BCUT2D eigenvalue weighted by molar-refractivity contribution is -0.0828. The number of nitrogens with zero attached hydrogens (tertiary/aromatic N) is 2. The summed E-state index contributed by atoms with van der Waals surface area (Å²) in [5.41, 5.74) is 1.06. The van der Waals surface area contributed by atoms with E-state index in [0.29, 0.717) is 6.04 Å². The van der Waals surface area contributed by atoms with Crippen LogP contribution in [0.4, 0.5) is 5.69 Å². The summed E-state index contributed by atoms with van der Waals surface area (Å²) in [4.78, 5) is 0. The molecule has 1 N–H and O–H groups in total. The van der Waals surface area contributed by atoms with Gasteiger partial charge in [-0.15, -0.1) is 0 Å². The number of ether oxygens (including phenoxy) is 2. The molecule has 1 aromatic rings. The van der Waals surface area contributed by atoms with Crippen molar-refractivity contribution in [2.24, 2.45) is 7.05 Å². The Labute approximate surface area is 101 Å². The van der Waals surface area contributed by atoms with E-state index in [9.17, 15) is 0 Å². The first-order valence-corrected chi connectivity index (χ1v) is 6.23. The molecule has 5 nitrogen and oxygen atoms in total. The predicted octanol–water partition coefficient (Wildman–Crippen LogP) is 1.17. The Balaban J connectivity index is 1.64. The van der Waals surface area contributed by atoms with Crippen LogP contribution in [-0.2, 0) is 16.5 Å². The molecule has 0 aromatic carbocycles. The first kappa shape index (κ1) is 11.0. The molecule has 1 aromatic heterocycles. The Bertz CT molecular complexity index is 385. The molecule has 0 saturated carbocycles. The van der Waals surface area contributed by atoms with Crippen LogP contribution in [0.1, 0.15) is 19.3 Å². The molecule has 3 heterocycles. The number of rotatable bonds is 2. The van der Waals surface area contributed by atoms with Crippen LogP contribution < -0.4 is 5.32 Å². The average Bonchev–Trinajstić information content (AvgIpc) is 2.89. The summed E-state index contributed by atoms with van der Waals surface area (Å²) >= 11 is 0. The molecule has 2 unspecified atom stereocenters. The smallest absolute Gasteiger partial charge is 0.0956 e. The normalized spacial score (nSPS) is 33.1. The zero-order valence-electron chi connectivity index (χ0n) is 10.2. The van der Waals surface area contributed by atoms with E-state index in [1.807, 2.05) is 24.1 Å². The molecule has 0 radical (unpaired) electrons. The number of hydrogen-bond acceptors (Lipinski definition) is 4. The number of aryl methyl sites for hydroxylation is 1. The number of aromatic nitrogens is 2. The van der Waals surface area contributed by atoms with Crippen LogP contribution in [0.15, 0.2) is 12.4 Å². The molecule has 2 fully saturated rings. The maximum atomic E-state index is 5.91. The third-order valence-electron chi connectivity index (χ3n) is 3.64. The summed E-state index contributed by atoms with van der Waals surface area (Å²) in [5, 5.41) is 7.70. The van der Waals surface area contributed by atoms with E-state index in [0.717, 1.165) is 44.8 Å². The Morgan fingerprint density at radius 2 is 2.47 bits per heavy atom. The van der Waals surface area contributed by atoms with Crippen molar-refractivity contribution in [3.63, 3.8) is 0 Å². The lowest BCUT2D eigenvalue weighted by atomic mass is 9.89. The molecule has 1 spiro atoms. The third-order valence-corrected chi connectivity index (χ3v) is 3.64. The van der Waals surface area contributed by atoms with E-state index in [1.165, 1.54) is 0 Å². The fourth-order valence-corrected chi connectivity index (χ4v) is 2.75. The van der Waals surface area contributed by atoms with Crippen molar-refractivity contribution in [1.82, 2.24) is 9.78 Å². The summed E-state index contributed by atoms with van der Waals surface area (Å²) in [6.45, 7) is 2.40. The minimum Gasteiger partial charge on any atom is -0.380 e. The maximum Gasteiger partial charge on any atom is 0.0956 e. The molecule has 3 rings (SSSR count). The van der Waals surface area contributed by atoms with E-state index in [1.54, 1.807) is 0 Å². The Kier molecular flexibility index (Phi) is 2.80. The molecule has 0 bridgehead atoms. The summed E-state index contributed by atoms with van der Waals surface area (Å²) in [6, 6.07) is 0.467. The molecule has 17 heavy (non-hydrogen) atoms. The van der Waals surface area contributed by atoms with Crippen molar-refractivity contribution in [1.29, 1.82) is 0 Å². The number of hydrogen-bond donors (Lipinski definition) is 1. The molecular weight excluding hydrogens is 218 g/mol. The second-order valence-corrected chi connectivity index (χ2v) is 5.07. The van der Waals surface area contributed by atoms with Gasteiger partial charge in [-0.1, -0.05) is 0 Å². The van der Waals surface area contributed by atoms with Crippen molar-refractivity contribution in [3.8, 4) is 0 Å². The minimum atomic E-state index is -0.0296. The quantitative estimate of drug-likeness (QED) is 0.839. The van der Waals surface area contributed by atoms with Crippen LogP contribution in [0.2, 0.25) is 0 Å². The van der Waals surface area contributed by atoms with Crippen LogP contribution in [0.5, 0.6) is 0 Å². The van der Waals surface area contributed by atoms with Gasteiger partial charge in [0.15, 0.2) is 0 Å². The van der Waals surface area contributed by atoms with Crippen LogP contribution in [0.3, 0.4) is 0 Å². The highest BCUT2D eigenvalue weighted by Crippen LogP contribution is 2.33. The van der Waals surface area contributed by atoms with Gasteiger partial charge in [-0.3, -0.25) is 4.68 Å². The van der Waals surface area contributed by atoms with Gasteiger partial charge < -0.3 is 14.8 Å². The van der Waals surface area contributed by atoms with Gasteiger partial charge in [0.2, 0.25) is 0 Å². The van der Waals surface area contributed by atoms with Crippen molar-refractivity contribution >= 4 is 5.69 Å². The SMILES string of the molecule is Cn1cc(NC2CCOC3(CCOC3)C2)cn1. The van der Waals surface area contributed by atoms with Gasteiger partial charge in [-0.25, -0.2) is 0 Å². The van der Waals surface area contributed by atoms with E-state index in [2.05, 4.69) is 10.4 Å². The zero-order chi connectivity index (χ0) is 11.7. The average molecular weight is 237 g/mol. The first-order chi connectivity index (χ1) is 8.26. The second-order valence-electron chi connectivity index (χ2n) is 5.07. The largest absolute Gasteiger partial charge is 0.380 e. The van der Waals surface area contributed by atoms with Crippen molar-refractivity contribution < 1.29 is 9.47 Å². The molecule has 2 atom stereocenters. The topological polar surface area (TPSA) is 48.3 Å². The molecule has 0 amide bonds. The molecule has 2 aliphatic heterocycles. The molecule has 2 saturated heterocycles. The van der Waals surface area contributed by atoms with Gasteiger partial charge >= 0.3 is 0 Å².